The van der Waals surface area contributed by atoms with Gasteiger partial charge in [-0.2, -0.15) is 0 Å². The highest BCUT2D eigenvalue weighted by atomic mass is 16.5. The number of amides is 3. The van der Waals surface area contributed by atoms with Crippen molar-refractivity contribution in [3.63, 3.8) is 0 Å². The minimum Gasteiger partial charge on any atom is -0.452 e. The van der Waals surface area contributed by atoms with Crippen molar-refractivity contribution in [3.8, 4) is 0 Å². The lowest BCUT2D eigenvalue weighted by Crippen LogP contribution is -2.47. The molecule has 0 unspecified atom stereocenters. The summed E-state index contributed by atoms with van der Waals surface area (Å²) in [5.41, 5.74) is -0.106. The first-order valence-electron chi connectivity index (χ1n) is 7.52. The van der Waals surface area contributed by atoms with Crippen molar-refractivity contribution in [3.05, 3.63) is 35.9 Å². The zero-order valence-electron chi connectivity index (χ0n) is 14.2. The van der Waals surface area contributed by atoms with Gasteiger partial charge in [0.1, 0.15) is 0 Å². The molecule has 0 spiro atoms. The number of esters is 1. The van der Waals surface area contributed by atoms with Crippen molar-refractivity contribution < 1.29 is 19.1 Å². The highest BCUT2D eigenvalue weighted by molar-refractivity contribution is 5.97. The number of hydrogen-bond donors (Lipinski definition) is 2. The molecule has 6 nitrogen and oxygen atoms in total. The van der Waals surface area contributed by atoms with E-state index in [1.807, 2.05) is 30.3 Å². The van der Waals surface area contributed by atoms with Crippen LogP contribution < -0.4 is 10.6 Å². The monoisotopic (exact) mass is 320 g/mol. The van der Waals surface area contributed by atoms with Gasteiger partial charge in [0.05, 0.1) is 5.41 Å². The van der Waals surface area contributed by atoms with Crippen molar-refractivity contribution in [2.75, 3.05) is 0 Å². The number of ether oxygens (including phenoxy) is 1. The maximum Gasteiger partial charge on any atom is 0.321 e. The van der Waals surface area contributed by atoms with Gasteiger partial charge >= 0.3 is 12.0 Å². The van der Waals surface area contributed by atoms with E-state index >= 15 is 0 Å². The summed E-state index contributed by atoms with van der Waals surface area (Å²) in [6, 6.07) is 8.44. The SMILES string of the molecule is CC(C)NC(=O)NC(=O)[C@@H](C)OC(=O)C(C)(C)c1ccccc1. The largest absolute Gasteiger partial charge is 0.452 e. The van der Waals surface area contributed by atoms with Crippen molar-refractivity contribution in [1.29, 1.82) is 0 Å². The van der Waals surface area contributed by atoms with E-state index in [0.717, 1.165) is 5.56 Å². The maximum atomic E-state index is 12.3. The summed E-state index contributed by atoms with van der Waals surface area (Å²) in [4.78, 5) is 35.7. The summed E-state index contributed by atoms with van der Waals surface area (Å²) in [5.74, 6) is -1.20. The molecule has 126 valence electrons. The second kappa shape index (κ2) is 7.76. The van der Waals surface area contributed by atoms with E-state index in [4.69, 9.17) is 4.74 Å². The van der Waals surface area contributed by atoms with Crippen LogP contribution in [0.2, 0.25) is 0 Å². The third-order valence-electron chi connectivity index (χ3n) is 3.32. The van der Waals surface area contributed by atoms with Crippen molar-refractivity contribution >= 4 is 17.9 Å². The lowest BCUT2D eigenvalue weighted by Gasteiger charge is -2.25. The van der Waals surface area contributed by atoms with Gasteiger partial charge in [0.2, 0.25) is 0 Å². The summed E-state index contributed by atoms with van der Waals surface area (Å²) >= 11 is 0. The highest BCUT2D eigenvalue weighted by Gasteiger charge is 2.34. The molecule has 0 aliphatic rings. The number of imide groups is 1. The third-order valence-corrected chi connectivity index (χ3v) is 3.32. The fourth-order valence-electron chi connectivity index (χ4n) is 1.85. The molecule has 0 saturated carbocycles. The van der Waals surface area contributed by atoms with Crippen LogP contribution in [0.1, 0.15) is 40.2 Å². The predicted octanol–water partition coefficient (Wildman–Crippen LogP) is 2.13. The van der Waals surface area contributed by atoms with Gasteiger partial charge in [0.25, 0.3) is 5.91 Å². The van der Waals surface area contributed by atoms with Crippen LogP contribution in [-0.4, -0.2) is 30.1 Å². The van der Waals surface area contributed by atoms with Crippen LogP contribution in [0, 0.1) is 0 Å². The van der Waals surface area contributed by atoms with E-state index in [1.54, 1.807) is 27.7 Å². The van der Waals surface area contributed by atoms with E-state index in [9.17, 15) is 14.4 Å². The summed E-state index contributed by atoms with van der Waals surface area (Å²) in [6.45, 7) is 8.42. The van der Waals surface area contributed by atoms with E-state index < -0.39 is 29.4 Å². The Hall–Kier alpha value is -2.37. The average Bonchev–Trinajstić information content (AvgIpc) is 2.46. The average molecular weight is 320 g/mol. The molecule has 6 heteroatoms. The number of nitrogens with one attached hydrogen (secondary N) is 2. The molecule has 1 rings (SSSR count). The lowest BCUT2D eigenvalue weighted by molar-refractivity contribution is -0.159. The van der Waals surface area contributed by atoms with Gasteiger partial charge in [-0.05, 0) is 40.2 Å². The molecular weight excluding hydrogens is 296 g/mol. The van der Waals surface area contributed by atoms with Gasteiger partial charge < -0.3 is 10.1 Å². The van der Waals surface area contributed by atoms with Gasteiger partial charge in [-0.1, -0.05) is 30.3 Å². The third kappa shape index (κ3) is 5.39. The van der Waals surface area contributed by atoms with Crippen LogP contribution in [0.5, 0.6) is 0 Å². The smallest absolute Gasteiger partial charge is 0.321 e. The maximum absolute atomic E-state index is 12.3. The number of hydrogen-bond acceptors (Lipinski definition) is 4. The topological polar surface area (TPSA) is 84.5 Å². The summed E-state index contributed by atoms with van der Waals surface area (Å²) in [5, 5.41) is 4.67. The Bertz CT molecular complexity index is 567. The molecule has 0 heterocycles. The number of urea groups is 1. The zero-order chi connectivity index (χ0) is 17.6. The van der Waals surface area contributed by atoms with E-state index in [1.165, 1.54) is 6.92 Å². The Morgan fingerprint density at radius 3 is 2.13 bits per heavy atom. The molecule has 1 aromatic carbocycles. The Kier molecular flexibility index (Phi) is 6.30. The summed E-state index contributed by atoms with van der Waals surface area (Å²) < 4.78 is 5.21. The number of rotatable bonds is 5. The van der Waals surface area contributed by atoms with Gasteiger partial charge in [-0.3, -0.25) is 14.9 Å². The Morgan fingerprint density at radius 2 is 1.61 bits per heavy atom. The molecule has 0 aliphatic carbocycles. The minimum atomic E-state index is -1.07. The van der Waals surface area contributed by atoms with Crippen LogP contribution >= 0.6 is 0 Å². The second-order valence-corrected chi connectivity index (χ2v) is 6.16. The van der Waals surface area contributed by atoms with Crippen LogP contribution in [-0.2, 0) is 19.7 Å². The first kappa shape index (κ1) is 18.7. The van der Waals surface area contributed by atoms with Crippen molar-refractivity contribution in [2.24, 2.45) is 0 Å². The predicted molar refractivity (Wildman–Crippen MR) is 86.8 cm³/mol. The molecule has 0 bridgehead atoms. The second-order valence-electron chi connectivity index (χ2n) is 6.16. The molecule has 0 saturated heterocycles. The summed E-state index contributed by atoms with van der Waals surface area (Å²) in [7, 11) is 0. The van der Waals surface area contributed by atoms with Crippen LogP contribution in [0.25, 0.3) is 0 Å². The van der Waals surface area contributed by atoms with Gasteiger partial charge in [0.15, 0.2) is 6.10 Å². The van der Waals surface area contributed by atoms with Crippen LogP contribution in [0.3, 0.4) is 0 Å². The van der Waals surface area contributed by atoms with Crippen LogP contribution in [0.15, 0.2) is 30.3 Å². The highest BCUT2D eigenvalue weighted by Crippen LogP contribution is 2.25. The Balaban J connectivity index is 2.66. The molecule has 3 amide bonds. The molecule has 0 aliphatic heterocycles. The number of carbonyl (C=O) groups is 3. The normalized spacial score (nSPS) is 12.4. The lowest BCUT2D eigenvalue weighted by atomic mass is 9.85. The number of carbonyl (C=O) groups excluding carboxylic acids is 3. The molecule has 0 aromatic heterocycles. The molecule has 1 atom stereocenters. The molecule has 0 radical (unpaired) electrons. The summed E-state index contributed by atoms with van der Waals surface area (Å²) in [6.07, 6.45) is -1.07. The van der Waals surface area contributed by atoms with Crippen LogP contribution in [0.4, 0.5) is 4.79 Å². The van der Waals surface area contributed by atoms with E-state index in [2.05, 4.69) is 10.6 Å². The van der Waals surface area contributed by atoms with E-state index in [-0.39, 0.29) is 6.04 Å². The van der Waals surface area contributed by atoms with Crippen molar-refractivity contribution in [1.82, 2.24) is 10.6 Å². The molecule has 1 aromatic rings. The zero-order valence-corrected chi connectivity index (χ0v) is 14.2. The molecule has 0 fully saturated rings. The standard InChI is InChI=1S/C17H24N2O4/c1-11(2)18-16(22)19-14(20)12(3)23-15(21)17(4,5)13-9-7-6-8-10-13/h6-12H,1-5H3,(H2,18,19,20,22)/t12-/m1/s1. The fourth-order valence-corrected chi connectivity index (χ4v) is 1.85. The van der Waals surface area contributed by atoms with E-state index in [0.29, 0.717) is 0 Å². The van der Waals surface area contributed by atoms with Crippen molar-refractivity contribution in [2.45, 2.75) is 52.2 Å². The first-order valence-corrected chi connectivity index (χ1v) is 7.52. The molecule has 2 N–H and O–H groups in total. The minimum absolute atomic E-state index is 0.0994. The fraction of sp³-hybridized carbons (Fsp3) is 0.471. The quantitative estimate of drug-likeness (QED) is 0.814. The van der Waals surface area contributed by atoms with Gasteiger partial charge in [-0.25, -0.2) is 4.79 Å². The van der Waals surface area contributed by atoms with Gasteiger partial charge in [-0.15, -0.1) is 0 Å². The number of benzene rings is 1. The molecular formula is C17H24N2O4. The Morgan fingerprint density at radius 1 is 1.04 bits per heavy atom. The van der Waals surface area contributed by atoms with Gasteiger partial charge in [0, 0.05) is 6.04 Å². The molecule has 23 heavy (non-hydrogen) atoms. The first-order chi connectivity index (χ1) is 10.6. The Labute approximate surface area is 136 Å².